The van der Waals surface area contributed by atoms with Gasteiger partial charge in [-0.1, -0.05) is 24.3 Å². The summed E-state index contributed by atoms with van der Waals surface area (Å²) in [6.45, 7) is 0. The molecule has 0 N–H and O–H groups in total. The number of nitrogens with zero attached hydrogens (tertiary/aromatic N) is 4. The van der Waals surface area contributed by atoms with E-state index < -0.39 is 0 Å². The summed E-state index contributed by atoms with van der Waals surface area (Å²) in [7, 11) is 8.19. The van der Waals surface area contributed by atoms with Crippen molar-refractivity contribution in [3.8, 4) is 0 Å². The van der Waals surface area contributed by atoms with Gasteiger partial charge in [0, 0.05) is 45.8 Å². The molecule has 3 rings (SSSR count). The van der Waals surface area contributed by atoms with Gasteiger partial charge in [0.2, 0.25) is 0 Å². The molecule has 0 spiro atoms. The lowest BCUT2D eigenvalue weighted by atomic mass is 9.96. The third-order valence-electron chi connectivity index (χ3n) is 4.27. The highest BCUT2D eigenvalue weighted by molar-refractivity contribution is 5.91. The second-order valence-electron chi connectivity index (χ2n) is 6.59. The summed E-state index contributed by atoms with van der Waals surface area (Å²) in [5.74, 6) is 0. The van der Waals surface area contributed by atoms with Gasteiger partial charge in [-0.25, -0.2) is 0 Å². The third kappa shape index (κ3) is 4.09. The van der Waals surface area contributed by atoms with Gasteiger partial charge in [0.1, 0.15) is 0 Å². The Hall–Kier alpha value is -3.14. The number of hydrogen-bond acceptors (Lipinski definition) is 4. The van der Waals surface area contributed by atoms with E-state index in [1.54, 1.807) is 6.20 Å². The van der Waals surface area contributed by atoms with E-state index in [-0.39, 0.29) is 0 Å². The van der Waals surface area contributed by atoms with Gasteiger partial charge in [-0.2, -0.15) is 10.2 Å². The maximum Gasteiger partial charge on any atom is 0.0863 e. The van der Waals surface area contributed by atoms with E-state index in [0.29, 0.717) is 0 Å². The number of benzene rings is 2. The fraction of sp³-hybridized carbons (Fsp3) is 0.182. The summed E-state index contributed by atoms with van der Waals surface area (Å²) in [6.07, 6.45) is 3.77. The van der Waals surface area contributed by atoms with Gasteiger partial charge in [0.15, 0.2) is 0 Å². The molecule has 4 heteroatoms. The van der Waals surface area contributed by atoms with Crippen molar-refractivity contribution in [1.29, 1.82) is 0 Å². The first-order chi connectivity index (χ1) is 12.5. The Morgan fingerprint density at radius 3 is 1.62 bits per heavy atom. The topological polar surface area (TPSA) is 32.3 Å². The number of aromatic nitrogens is 2. The molecule has 0 amide bonds. The summed E-state index contributed by atoms with van der Waals surface area (Å²) < 4.78 is 0. The molecule has 0 aliphatic rings. The highest BCUT2D eigenvalue weighted by atomic mass is 15.1. The molecule has 0 aliphatic carbocycles. The van der Waals surface area contributed by atoms with Crippen molar-refractivity contribution in [2.45, 2.75) is 0 Å². The van der Waals surface area contributed by atoms with Crippen LogP contribution >= 0.6 is 0 Å². The van der Waals surface area contributed by atoms with Crippen LogP contribution in [0.25, 0.3) is 11.6 Å². The highest BCUT2D eigenvalue weighted by Gasteiger charge is 2.08. The van der Waals surface area contributed by atoms with Crippen molar-refractivity contribution >= 4 is 23.0 Å². The van der Waals surface area contributed by atoms with Gasteiger partial charge < -0.3 is 9.80 Å². The largest absolute Gasteiger partial charge is 0.378 e. The molecule has 4 nitrogen and oxygen atoms in total. The van der Waals surface area contributed by atoms with Crippen molar-refractivity contribution in [1.82, 2.24) is 10.2 Å². The van der Waals surface area contributed by atoms with Crippen LogP contribution in [0.5, 0.6) is 0 Å². The first-order valence-corrected chi connectivity index (χ1v) is 8.59. The van der Waals surface area contributed by atoms with Crippen LogP contribution < -0.4 is 9.80 Å². The quantitative estimate of drug-likeness (QED) is 0.694. The highest BCUT2D eigenvalue weighted by Crippen LogP contribution is 2.28. The van der Waals surface area contributed by atoms with Crippen molar-refractivity contribution in [3.05, 3.63) is 83.7 Å². The normalized spacial score (nSPS) is 10.3. The van der Waals surface area contributed by atoms with Crippen LogP contribution in [0.2, 0.25) is 0 Å². The monoisotopic (exact) mass is 344 g/mol. The summed E-state index contributed by atoms with van der Waals surface area (Å²) >= 11 is 0. The molecule has 3 aromatic rings. The zero-order chi connectivity index (χ0) is 18.5. The Morgan fingerprint density at radius 2 is 1.23 bits per heavy atom. The molecule has 0 fully saturated rings. The molecule has 0 saturated heterocycles. The van der Waals surface area contributed by atoms with E-state index in [0.717, 1.165) is 22.4 Å². The minimum Gasteiger partial charge on any atom is -0.378 e. The lowest BCUT2D eigenvalue weighted by Crippen LogP contribution is -2.08. The van der Waals surface area contributed by atoms with Crippen LogP contribution in [0, 0.1) is 0 Å². The van der Waals surface area contributed by atoms with Gasteiger partial charge >= 0.3 is 0 Å². The van der Waals surface area contributed by atoms with Gasteiger partial charge in [-0.15, -0.1) is 0 Å². The van der Waals surface area contributed by atoms with E-state index in [2.05, 4.69) is 74.6 Å². The van der Waals surface area contributed by atoms with Crippen molar-refractivity contribution in [3.63, 3.8) is 0 Å². The van der Waals surface area contributed by atoms with Crippen LogP contribution in [-0.2, 0) is 0 Å². The zero-order valence-corrected chi connectivity index (χ0v) is 15.7. The maximum atomic E-state index is 4.22. The van der Waals surface area contributed by atoms with Crippen LogP contribution in [0.1, 0.15) is 16.8 Å². The summed E-state index contributed by atoms with van der Waals surface area (Å²) in [4.78, 5) is 4.20. The first-order valence-electron chi connectivity index (χ1n) is 8.59. The summed E-state index contributed by atoms with van der Waals surface area (Å²) in [5.41, 5.74) is 6.63. The zero-order valence-electron chi connectivity index (χ0n) is 15.7. The predicted molar refractivity (Wildman–Crippen MR) is 111 cm³/mol. The van der Waals surface area contributed by atoms with Gasteiger partial charge in [0.05, 0.1) is 5.69 Å². The van der Waals surface area contributed by atoms with Crippen LogP contribution in [0.15, 0.2) is 66.9 Å². The fourth-order valence-electron chi connectivity index (χ4n) is 2.75. The molecule has 0 bridgehead atoms. The van der Waals surface area contributed by atoms with Gasteiger partial charge in [-0.05, 0) is 59.2 Å². The van der Waals surface area contributed by atoms with E-state index in [1.165, 1.54) is 11.4 Å². The van der Waals surface area contributed by atoms with E-state index >= 15 is 0 Å². The molecule has 1 aromatic heterocycles. The van der Waals surface area contributed by atoms with E-state index in [9.17, 15) is 0 Å². The minimum atomic E-state index is 0.843. The Kier molecular flexibility index (Phi) is 5.32. The number of anilines is 2. The lowest BCUT2D eigenvalue weighted by Gasteiger charge is -2.16. The Labute approximate surface area is 155 Å². The van der Waals surface area contributed by atoms with E-state index in [1.807, 2.05) is 40.3 Å². The molecule has 26 heavy (non-hydrogen) atoms. The standard InChI is InChI=1S/C22H24N4/c1-25(2)20-11-7-17(8-12-20)22(16-19-6-5-15-23-24-19)18-9-13-21(14-10-18)26(3)4/h5-16H,1-4H3. The minimum absolute atomic E-state index is 0.843. The molecule has 2 aromatic carbocycles. The smallest absolute Gasteiger partial charge is 0.0863 e. The molecule has 0 atom stereocenters. The second-order valence-corrected chi connectivity index (χ2v) is 6.59. The molecule has 1 heterocycles. The van der Waals surface area contributed by atoms with Crippen LogP contribution in [0.4, 0.5) is 11.4 Å². The third-order valence-corrected chi connectivity index (χ3v) is 4.27. The Morgan fingerprint density at radius 1 is 0.731 bits per heavy atom. The number of rotatable bonds is 5. The predicted octanol–water partition coefficient (Wildman–Crippen LogP) is 4.20. The molecule has 0 aliphatic heterocycles. The average molecular weight is 344 g/mol. The fourth-order valence-corrected chi connectivity index (χ4v) is 2.75. The average Bonchev–Trinajstić information content (AvgIpc) is 2.67. The van der Waals surface area contributed by atoms with E-state index in [4.69, 9.17) is 0 Å². The first kappa shape index (κ1) is 17.7. The molecular formula is C22H24N4. The Balaban J connectivity index is 2.06. The molecule has 132 valence electrons. The van der Waals surface area contributed by atoms with Crippen LogP contribution in [0.3, 0.4) is 0 Å². The Bertz CT molecular complexity index is 811. The van der Waals surface area contributed by atoms with Gasteiger partial charge in [-0.3, -0.25) is 0 Å². The molecule has 0 unspecified atom stereocenters. The van der Waals surface area contributed by atoms with Crippen LogP contribution in [-0.4, -0.2) is 38.4 Å². The maximum absolute atomic E-state index is 4.22. The van der Waals surface area contributed by atoms with Crippen molar-refractivity contribution in [2.24, 2.45) is 0 Å². The molecule has 0 radical (unpaired) electrons. The summed E-state index contributed by atoms with van der Waals surface area (Å²) in [6, 6.07) is 21.0. The molecular weight excluding hydrogens is 320 g/mol. The second kappa shape index (κ2) is 7.83. The molecule has 0 saturated carbocycles. The lowest BCUT2D eigenvalue weighted by molar-refractivity contribution is 1.02. The van der Waals surface area contributed by atoms with Crippen molar-refractivity contribution < 1.29 is 0 Å². The van der Waals surface area contributed by atoms with Gasteiger partial charge in [0.25, 0.3) is 0 Å². The SMILES string of the molecule is CN(C)c1ccc(C(=Cc2cccnn2)c2ccc(N(C)C)cc2)cc1. The van der Waals surface area contributed by atoms with Crippen molar-refractivity contribution in [2.75, 3.05) is 38.0 Å². The number of hydrogen-bond donors (Lipinski definition) is 0. The summed E-state index contributed by atoms with van der Waals surface area (Å²) in [5, 5.41) is 8.21.